The Labute approximate surface area is 121 Å². The van der Waals surface area contributed by atoms with Crippen LogP contribution in [0.15, 0.2) is 40.9 Å². The summed E-state index contributed by atoms with van der Waals surface area (Å²) >= 11 is 0. The Morgan fingerprint density at radius 3 is 2.81 bits per heavy atom. The van der Waals surface area contributed by atoms with Crippen LogP contribution in [0.1, 0.15) is 21.7 Å². The topological polar surface area (TPSA) is 81.2 Å². The van der Waals surface area contributed by atoms with Crippen molar-refractivity contribution in [2.24, 2.45) is 0 Å². The predicted octanol–water partition coefficient (Wildman–Crippen LogP) is 3.28. The number of pyridine rings is 1. The summed E-state index contributed by atoms with van der Waals surface area (Å²) in [7, 11) is 0. The van der Waals surface area contributed by atoms with E-state index in [1.807, 2.05) is 32.0 Å². The molecular formula is C16H15N3O2. The molecule has 21 heavy (non-hydrogen) atoms. The number of hydrogen-bond acceptors (Lipinski definition) is 4. The number of nitrogens with one attached hydrogen (secondary N) is 1. The lowest BCUT2D eigenvalue weighted by atomic mass is 10.1. The second kappa shape index (κ2) is 4.94. The Bertz CT molecular complexity index is 837. The Kier molecular flexibility index (Phi) is 3.10. The van der Waals surface area contributed by atoms with Crippen LogP contribution in [-0.4, -0.2) is 10.9 Å². The van der Waals surface area contributed by atoms with E-state index in [1.165, 1.54) is 0 Å². The average Bonchev–Trinajstić information content (AvgIpc) is 2.82. The first-order chi connectivity index (χ1) is 10.1. The Morgan fingerprint density at radius 2 is 2.05 bits per heavy atom. The van der Waals surface area contributed by atoms with E-state index in [9.17, 15) is 4.79 Å². The summed E-state index contributed by atoms with van der Waals surface area (Å²) < 4.78 is 5.50. The van der Waals surface area contributed by atoms with Crippen molar-refractivity contribution in [3.8, 4) is 0 Å². The van der Waals surface area contributed by atoms with Gasteiger partial charge in [-0.3, -0.25) is 9.78 Å². The lowest BCUT2D eigenvalue weighted by molar-refractivity contribution is 0.1000. The van der Waals surface area contributed by atoms with Gasteiger partial charge < -0.3 is 15.5 Å². The van der Waals surface area contributed by atoms with Gasteiger partial charge in [-0.2, -0.15) is 0 Å². The Hall–Kier alpha value is -2.82. The number of carbonyl (C=O) groups is 1. The van der Waals surface area contributed by atoms with E-state index in [0.717, 1.165) is 16.8 Å². The normalized spacial score (nSPS) is 10.8. The van der Waals surface area contributed by atoms with E-state index in [4.69, 9.17) is 10.2 Å². The zero-order valence-electron chi connectivity index (χ0n) is 11.8. The van der Waals surface area contributed by atoms with Gasteiger partial charge in [-0.05, 0) is 43.2 Å². The minimum absolute atomic E-state index is 0.0876. The highest BCUT2D eigenvalue weighted by atomic mass is 16.3. The van der Waals surface area contributed by atoms with E-state index in [-0.39, 0.29) is 17.4 Å². The molecule has 0 fully saturated rings. The number of anilines is 2. The summed E-state index contributed by atoms with van der Waals surface area (Å²) in [6, 6.07) is 9.19. The van der Waals surface area contributed by atoms with Crippen LogP contribution in [0, 0.1) is 13.8 Å². The van der Waals surface area contributed by atoms with Crippen LogP contribution in [0.3, 0.4) is 0 Å². The molecule has 5 nitrogen and oxygen atoms in total. The van der Waals surface area contributed by atoms with Gasteiger partial charge in [0.25, 0.3) is 5.91 Å². The number of rotatable bonds is 2. The molecule has 3 N–H and O–H groups in total. The summed E-state index contributed by atoms with van der Waals surface area (Å²) in [5, 5.41) is 2.83. The summed E-state index contributed by atoms with van der Waals surface area (Å²) in [4.78, 5) is 16.5. The van der Waals surface area contributed by atoms with E-state index in [2.05, 4.69) is 10.3 Å². The molecule has 0 radical (unpaired) electrons. The third kappa shape index (κ3) is 2.23. The lowest BCUT2D eigenvalue weighted by Gasteiger charge is -2.09. The zero-order valence-corrected chi connectivity index (χ0v) is 11.8. The second-order valence-electron chi connectivity index (χ2n) is 4.90. The number of hydrogen-bond donors (Lipinski definition) is 2. The summed E-state index contributed by atoms with van der Waals surface area (Å²) in [5.74, 6) is -0.288. The molecule has 106 valence electrons. The van der Waals surface area contributed by atoms with Crippen molar-refractivity contribution in [1.82, 2.24) is 4.98 Å². The molecule has 2 aromatic heterocycles. The van der Waals surface area contributed by atoms with Gasteiger partial charge in [0.15, 0.2) is 5.58 Å². The standard InChI is InChI=1S/C16H15N3O2/c1-9-5-3-6-11(10(9)2)19-16(20)15-13(17)14-12(21-15)7-4-8-18-14/h3-8H,17H2,1-2H3,(H,19,20). The van der Waals surface area contributed by atoms with Gasteiger partial charge >= 0.3 is 0 Å². The van der Waals surface area contributed by atoms with Crippen molar-refractivity contribution in [2.45, 2.75) is 13.8 Å². The Morgan fingerprint density at radius 1 is 1.24 bits per heavy atom. The first-order valence-electron chi connectivity index (χ1n) is 6.58. The molecule has 1 amide bonds. The fourth-order valence-corrected chi connectivity index (χ4v) is 2.18. The molecule has 0 unspecified atom stereocenters. The van der Waals surface area contributed by atoms with Gasteiger partial charge in [-0.15, -0.1) is 0 Å². The van der Waals surface area contributed by atoms with Crippen LogP contribution in [0.25, 0.3) is 11.1 Å². The number of furan rings is 1. The number of nitrogens with two attached hydrogens (primary N) is 1. The van der Waals surface area contributed by atoms with E-state index in [0.29, 0.717) is 11.1 Å². The maximum atomic E-state index is 12.4. The van der Waals surface area contributed by atoms with Crippen molar-refractivity contribution in [1.29, 1.82) is 0 Å². The van der Waals surface area contributed by atoms with Gasteiger partial charge in [0.2, 0.25) is 5.76 Å². The maximum Gasteiger partial charge on any atom is 0.293 e. The summed E-state index contributed by atoms with van der Waals surface area (Å²) in [6.07, 6.45) is 1.61. The fourth-order valence-electron chi connectivity index (χ4n) is 2.18. The third-order valence-corrected chi connectivity index (χ3v) is 3.54. The molecule has 0 spiro atoms. The number of benzene rings is 1. The van der Waals surface area contributed by atoms with Gasteiger partial charge in [0.05, 0.1) is 0 Å². The SMILES string of the molecule is Cc1cccc(NC(=O)c2oc3cccnc3c2N)c1C. The zero-order chi connectivity index (χ0) is 15.0. The Balaban J connectivity index is 1.97. The van der Waals surface area contributed by atoms with Crippen LogP contribution in [0.2, 0.25) is 0 Å². The highest BCUT2D eigenvalue weighted by Gasteiger charge is 2.19. The van der Waals surface area contributed by atoms with Crippen molar-refractivity contribution < 1.29 is 9.21 Å². The number of fused-ring (bicyclic) bond motifs is 1. The molecule has 0 saturated heterocycles. The van der Waals surface area contributed by atoms with Crippen molar-refractivity contribution >= 4 is 28.4 Å². The second-order valence-corrected chi connectivity index (χ2v) is 4.90. The van der Waals surface area contributed by atoms with Crippen LogP contribution < -0.4 is 11.1 Å². The number of carbonyl (C=O) groups excluding carboxylic acids is 1. The molecule has 0 saturated carbocycles. The van der Waals surface area contributed by atoms with E-state index < -0.39 is 0 Å². The maximum absolute atomic E-state index is 12.4. The molecule has 2 heterocycles. The molecule has 3 aromatic rings. The molecule has 0 aliphatic rings. The van der Waals surface area contributed by atoms with Crippen LogP contribution in [0.4, 0.5) is 11.4 Å². The minimum atomic E-state index is -0.376. The fraction of sp³-hybridized carbons (Fsp3) is 0.125. The number of aryl methyl sites for hydroxylation is 1. The van der Waals surface area contributed by atoms with E-state index in [1.54, 1.807) is 18.3 Å². The van der Waals surface area contributed by atoms with Crippen LogP contribution in [-0.2, 0) is 0 Å². The number of aromatic nitrogens is 1. The molecule has 0 aliphatic heterocycles. The highest BCUT2D eigenvalue weighted by molar-refractivity contribution is 6.10. The first kappa shape index (κ1) is 13.2. The molecule has 0 aliphatic carbocycles. The molecule has 1 aromatic carbocycles. The minimum Gasteiger partial charge on any atom is -0.447 e. The summed E-state index contributed by atoms with van der Waals surface area (Å²) in [5.41, 5.74) is 10.1. The van der Waals surface area contributed by atoms with E-state index >= 15 is 0 Å². The first-order valence-corrected chi connectivity index (χ1v) is 6.58. The van der Waals surface area contributed by atoms with Gasteiger partial charge in [-0.25, -0.2) is 0 Å². The van der Waals surface area contributed by atoms with Crippen molar-refractivity contribution in [2.75, 3.05) is 11.1 Å². The van der Waals surface area contributed by atoms with Crippen molar-refractivity contribution in [3.05, 3.63) is 53.4 Å². The lowest BCUT2D eigenvalue weighted by Crippen LogP contribution is -2.13. The molecule has 0 atom stereocenters. The average molecular weight is 281 g/mol. The number of nitrogen functional groups attached to an aromatic ring is 1. The highest BCUT2D eigenvalue weighted by Crippen LogP contribution is 2.27. The molecule has 0 bridgehead atoms. The smallest absolute Gasteiger partial charge is 0.293 e. The monoisotopic (exact) mass is 281 g/mol. The quantitative estimate of drug-likeness (QED) is 0.755. The van der Waals surface area contributed by atoms with Gasteiger partial charge in [0.1, 0.15) is 11.2 Å². The summed E-state index contributed by atoms with van der Waals surface area (Å²) in [6.45, 7) is 3.94. The molecular weight excluding hydrogens is 266 g/mol. The van der Waals surface area contributed by atoms with Crippen molar-refractivity contribution in [3.63, 3.8) is 0 Å². The molecule has 3 rings (SSSR count). The van der Waals surface area contributed by atoms with Gasteiger partial charge in [-0.1, -0.05) is 12.1 Å². The largest absolute Gasteiger partial charge is 0.447 e. The van der Waals surface area contributed by atoms with Crippen LogP contribution >= 0.6 is 0 Å². The number of amides is 1. The third-order valence-electron chi connectivity index (χ3n) is 3.54. The predicted molar refractivity (Wildman–Crippen MR) is 82.3 cm³/mol. The number of nitrogens with zero attached hydrogens (tertiary/aromatic N) is 1. The van der Waals surface area contributed by atoms with Gasteiger partial charge in [0, 0.05) is 11.9 Å². The molecule has 5 heteroatoms. The van der Waals surface area contributed by atoms with Crippen LogP contribution in [0.5, 0.6) is 0 Å².